The topological polar surface area (TPSA) is 81.4 Å². The van der Waals surface area contributed by atoms with E-state index in [0.717, 1.165) is 41.3 Å². The van der Waals surface area contributed by atoms with Gasteiger partial charge in [0.2, 0.25) is 11.8 Å². The maximum Gasteiger partial charge on any atom is 0.224 e. The van der Waals surface area contributed by atoms with Gasteiger partial charge in [-0.15, -0.1) is 0 Å². The second kappa shape index (κ2) is 6.91. The first-order chi connectivity index (χ1) is 11.6. The third-order valence-corrected chi connectivity index (χ3v) is 4.76. The molecule has 0 aromatic heterocycles. The number of carbonyl (C=O) groups is 2. The van der Waals surface area contributed by atoms with Gasteiger partial charge < -0.3 is 15.8 Å². The van der Waals surface area contributed by atoms with Gasteiger partial charge in [0.15, 0.2) is 0 Å². The summed E-state index contributed by atoms with van der Waals surface area (Å²) in [5.41, 5.74) is 6.36. The van der Waals surface area contributed by atoms with Crippen molar-refractivity contribution in [2.24, 2.45) is 11.7 Å². The van der Waals surface area contributed by atoms with E-state index in [2.05, 4.69) is 5.32 Å². The van der Waals surface area contributed by atoms with E-state index in [4.69, 9.17) is 10.5 Å². The smallest absolute Gasteiger partial charge is 0.224 e. The number of amides is 2. The summed E-state index contributed by atoms with van der Waals surface area (Å²) >= 11 is 0. The molecular formula is C19H22N2O3. The molecule has 5 heteroatoms. The summed E-state index contributed by atoms with van der Waals surface area (Å²) < 4.78 is 5.28. The molecule has 126 valence electrons. The van der Waals surface area contributed by atoms with E-state index in [-0.39, 0.29) is 30.2 Å². The minimum Gasteiger partial charge on any atom is -0.497 e. The lowest BCUT2D eigenvalue weighted by atomic mass is 10.00. The van der Waals surface area contributed by atoms with Crippen LogP contribution in [-0.2, 0) is 16.0 Å². The van der Waals surface area contributed by atoms with Crippen LogP contribution in [0, 0.1) is 5.92 Å². The van der Waals surface area contributed by atoms with E-state index < -0.39 is 0 Å². The molecule has 1 aliphatic carbocycles. The fourth-order valence-corrected chi connectivity index (χ4v) is 3.50. The fourth-order valence-electron chi connectivity index (χ4n) is 3.50. The molecule has 0 bridgehead atoms. The van der Waals surface area contributed by atoms with Crippen LogP contribution in [0.1, 0.15) is 24.8 Å². The Bertz CT molecular complexity index is 772. The Morgan fingerprint density at radius 1 is 1.25 bits per heavy atom. The highest BCUT2D eigenvalue weighted by molar-refractivity contribution is 5.91. The molecule has 0 unspecified atom stereocenters. The molecule has 24 heavy (non-hydrogen) atoms. The van der Waals surface area contributed by atoms with E-state index in [1.807, 2.05) is 36.4 Å². The maximum atomic E-state index is 12.4. The van der Waals surface area contributed by atoms with Crippen molar-refractivity contribution >= 4 is 22.6 Å². The summed E-state index contributed by atoms with van der Waals surface area (Å²) in [7, 11) is 1.63. The molecule has 0 saturated heterocycles. The van der Waals surface area contributed by atoms with Crippen molar-refractivity contribution in [2.75, 3.05) is 7.11 Å². The minimum absolute atomic E-state index is 0.0801. The lowest BCUT2D eigenvalue weighted by Gasteiger charge is -2.18. The molecule has 0 aliphatic heterocycles. The first kappa shape index (κ1) is 16.3. The molecule has 1 saturated carbocycles. The molecule has 0 spiro atoms. The molecule has 0 radical (unpaired) electrons. The van der Waals surface area contributed by atoms with E-state index in [9.17, 15) is 9.59 Å². The van der Waals surface area contributed by atoms with Crippen LogP contribution in [0.3, 0.4) is 0 Å². The predicted molar refractivity (Wildman–Crippen MR) is 92.7 cm³/mol. The number of rotatable bonds is 5. The number of methoxy groups -OCH3 is 1. The first-order valence-corrected chi connectivity index (χ1v) is 8.23. The van der Waals surface area contributed by atoms with Gasteiger partial charge in [0.05, 0.1) is 19.4 Å². The summed E-state index contributed by atoms with van der Waals surface area (Å²) in [4.78, 5) is 23.9. The Hall–Kier alpha value is -2.56. The van der Waals surface area contributed by atoms with Crippen molar-refractivity contribution in [3.8, 4) is 5.75 Å². The predicted octanol–water partition coefficient (Wildman–Crippen LogP) is 2.16. The van der Waals surface area contributed by atoms with Crippen molar-refractivity contribution < 1.29 is 14.3 Å². The van der Waals surface area contributed by atoms with Crippen LogP contribution in [0.5, 0.6) is 5.75 Å². The number of hydrogen-bond acceptors (Lipinski definition) is 3. The van der Waals surface area contributed by atoms with Crippen molar-refractivity contribution in [1.29, 1.82) is 0 Å². The lowest BCUT2D eigenvalue weighted by molar-refractivity contribution is -0.124. The fraction of sp³-hybridized carbons (Fsp3) is 0.368. The number of nitrogens with one attached hydrogen (secondary N) is 1. The number of hydrogen-bond donors (Lipinski definition) is 2. The highest BCUT2D eigenvalue weighted by Crippen LogP contribution is 2.27. The van der Waals surface area contributed by atoms with E-state index >= 15 is 0 Å². The van der Waals surface area contributed by atoms with Gasteiger partial charge in [0.1, 0.15) is 5.75 Å². The summed E-state index contributed by atoms with van der Waals surface area (Å²) in [5.74, 6) is 0.109. The molecular weight excluding hydrogens is 304 g/mol. The van der Waals surface area contributed by atoms with Crippen LogP contribution < -0.4 is 15.8 Å². The number of nitrogens with two attached hydrogens (primary N) is 1. The average molecular weight is 326 g/mol. The zero-order chi connectivity index (χ0) is 17.1. The molecule has 2 amide bonds. The standard InChI is InChI=1S/C19H22N2O3/c1-24-14-9-8-12-4-2-5-13(16(12)11-14)10-18(22)21-17-7-3-6-15(17)19(20)23/h2,4-5,8-9,11,15,17H,3,6-7,10H2,1H3,(H2,20,23)(H,21,22)/t15-,17+/m0/s1. The van der Waals surface area contributed by atoms with Crippen molar-refractivity contribution in [2.45, 2.75) is 31.7 Å². The van der Waals surface area contributed by atoms with Gasteiger partial charge in [-0.25, -0.2) is 0 Å². The molecule has 2 atom stereocenters. The number of fused-ring (bicyclic) bond motifs is 1. The van der Waals surface area contributed by atoms with Gasteiger partial charge in [-0.05, 0) is 41.3 Å². The normalized spacial score (nSPS) is 20.0. The van der Waals surface area contributed by atoms with Crippen molar-refractivity contribution in [3.63, 3.8) is 0 Å². The highest BCUT2D eigenvalue weighted by Gasteiger charge is 2.32. The van der Waals surface area contributed by atoms with Crippen LogP contribution in [0.15, 0.2) is 36.4 Å². The maximum absolute atomic E-state index is 12.4. The third-order valence-electron chi connectivity index (χ3n) is 4.76. The van der Waals surface area contributed by atoms with Crippen LogP contribution in [0.2, 0.25) is 0 Å². The van der Waals surface area contributed by atoms with Gasteiger partial charge in [-0.3, -0.25) is 9.59 Å². The summed E-state index contributed by atoms with van der Waals surface area (Å²) in [6.07, 6.45) is 2.75. The molecule has 0 heterocycles. The van der Waals surface area contributed by atoms with Gasteiger partial charge in [-0.2, -0.15) is 0 Å². The molecule has 3 N–H and O–H groups in total. The Morgan fingerprint density at radius 3 is 2.83 bits per heavy atom. The van der Waals surface area contributed by atoms with Gasteiger partial charge >= 0.3 is 0 Å². The second-order valence-electron chi connectivity index (χ2n) is 6.29. The zero-order valence-corrected chi connectivity index (χ0v) is 13.7. The zero-order valence-electron chi connectivity index (χ0n) is 13.7. The largest absolute Gasteiger partial charge is 0.497 e. The quantitative estimate of drug-likeness (QED) is 0.883. The van der Waals surface area contributed by atoms with Crippen molar-refractivity contribution in [1.82, 2.24) is 5.32 Å². The monoisotopic (exact) mass is 326 g/mol. The van der Waals surface area contributed by atoms with Crippen LogP contribution >= 0.6 is 0 Å². The van der Waals surface area contributed by atoms with Gasteiger partial charge in [0, 0.05) is 6.04 Å². The average Bonchev–Trinajstić information content (AvgIpc) is 3.03. The van der Waals surface area contributed by atoms with E-state index in [1.165, 1.54) is 0 Å². The Kier molecular flexibility index (Phi) is 4.69. The van der Waals surface area contributed by atoms with Gasteiger partial charge in [-0.1, -0.05) is 30.7 Å². The highest BCUT2D eigenvalue weighted by atomic mass is 16.5. The second-order valence-corrected chi connectivity index (χ2v) is 6.29. The number of ether oxygens (including phenoxy) is 1. The SMILES string of the molecule is COc1ccc2cccc(CC(=O)N[C@@H]3CCC[C@@H]3C(N)=O)c2c1. The van der Waals surface area contributed by atoms with Crippen molar-refractivity contribution in [3.05, 3.63) is 42.0 Å². The Morgan fingerprint density at radius 2 is 2.08 bits per heavy atom. The van der Waals surface area contributed by atoms with Crippen LogP contribution in [0.25, 0.3) is 10.8 Å². The number of carbonyl (C=O) groups excluding carboxylic acids is 2. The third kappa shape index (κ3) is 3.35. The lowest BCUT2D eigenvalue weighted by Crippen LogP contribution is -2.42. The van der Waals surface area contributed by atoms with E-state index in [0.29, 0.717) is 0 Å². The van der Waals surface area contributed by atoms with Crippen LogP contribution in [0.4, 0.5) is 0 Å². The summed E-state index contributed by atoms with van der Waals surface area (Å²) in [6.45, 7) is 0. The number of primary amides is 1. The Labute approximate surface area is 141 Å². The number of benzene rings is 2. The molecule has 2 aromatic rings. The molecule has 1 fully saturated rings. The summed E-state index contributed by atoms with van der Waals surface area (Å²) in [6, 6.07) is 11.6. The van der Waals surface area contributed by atoms with Crippen LogP contribution in [-0.4, -0.2) is 25.0 Å². The molecule has 3 rings (SSSR count). The minimum atomic E-state index is -0.326. The molecule has 1 aliphatic rings. The molecule has 5 nitrogen and oxygen atoms in total. The summed E-state index contributed by atoms with van der Waals surface area (Å²) in [5, 5.41) is 5.05. The van der Waals surface area contributed by atoms with E-state index in [1.54, 1.807) is 7.11 Å². The Balaban J connectivity index is 1.77. The van der Waals surface area contributed by atoms with Gasteiger partial charge in [0.25, 0.3) is 0 Å². The molecule has 2 aromatic carbocycles. The first-order valence-electron chi connectivity index (χ1n) is 8.23.